The molecule has 0 bridgehead atoms. The highest BCUT2D eigenvalue weighted by Gasteiger charge is 2.24. The molecule has 2 heterocycles. The zero-order chi connectivity index (χ0) is 24.5. The van der Waals surface area contributed by atoms with E-state index in [1.165, 1.54) is 0 Å². The molecular weight excluding hydrogens is 434 g/mol. The van der Waals surface area contributed by atoms with E-state index in [0.29, 0.717) is 11.2 Å². The number of nitrogens with two attached hydrogens (primary N) is 1. The molecule has 4 N–H and O–H groups in total. The van der Waals surface area contributed by atoms with Gasteiger partial charge in [-0.15, -0.1) is 0 Å². The quantitative estimate of drug-likeness (QED) is 0.353. The molecule has 0 atom stereocenters. The third kappa shape index (κ3) is 4.66. The number of carbonyl (C=O) groups excluding carboxylic acids is 1. The first kappa shape index (κ1) is 23.1. The largest absolute Gasteiger partial charge is 0.349 e. The highest BCUT2D eigenvalue weighted by atomic mass is 16.1. The van der Waals surface area contributed by atoms with Crippen LogP contribution in [0.3, 0.4) is 0 Å². The minimum atomic E-state index is -0.0875. The van der Waals surface area contributed by atoms with Crippen LogP contribution >= 0.6 is 0 Å². The number of carbonyl (C=O) groups is 1. The first-order valence-electron chi connectivity index (χ1n) is 12.4. The second-order valence-electron chi connectivity index (χ2n) is 9.77. The van der Waals surface area contributed by atoms with Gasteiger partial charge in [-0.05, 0) is 75.8 Å². The van der Waals surface area contributed by atoms with Crippen molar-refractivity contribution in [1.82, 2.24) is 14.7 Å². The van der Waals surface area contributed by atoms with E-state index in [-0.39, 0.29) is 18.0 Å². The van der Waals surface area contributed by atoms with E-state index >= 15 is 0 Å². The van der Waals surface area contributed by atoms with Crippen molar-refractivity contribution in [1.29, 1.82) is 0 Å². The predicted octanol–water partition coefficient (Wildman–Crippen LogP) is 5.67. The van der Waals surface area contributed by atoms with Gasteiger partial charge in [0.05, 0.1) is 5.56 Å². The van der Waals surface area contributed by atoms with Crippen LogP contribution in [0.25, 0.3) is 16.9 Å². The molecule has 2 aromatic carbocycles. The van der Waals surface area contributed by atoms with Crippen molar-refractivity contribution in [2.75, 3.05) is 5.32 Å². The number of para-hydroxylation sites is 1. The number of nitrogens with one attached hydrogen (secondary N) is 2. The average Bonchev–Trinajstić information content (AvgIpc) is 3.21. The van der Waals surface area contributed by atoms with E-state index in [4.69, 9.17) is 10.7 Å². The number of amides is 1. The number of benzene rings is 2. The lowest BCUT2D eigenvalue weighted by Gasteiger charge is -2.26. The van der Waals surface area contributed by atoms with Gasteiger partial charge in [0.2, 0.25) is 0 Å². The molecule has 0 radical (unpaired) electrons. The summed E-state index contributed by atoms with van der Waals surface area (Å²) in [6.45, 7) is 6.27. The fourth-order valence-electron chi connectivity index (χ4n) is 5.01. The fourth-order valence-corrected chi connectivity index (χ4v) is 5.01. The molecule has 1 fully saturated rings. The molecule has 4 aromatic rings. The number of pyridine rings is 1. The van der Waals surface area contributed by atoms with Crippen LogP contribution in [-0.4, -0.2) is 27.4 Å². The summed E-state index contributed by atoms with van der Waals surface area (Å²) in [7, 11) is 0. The molecule has 6 nitrogen and oxygen atoms in total. The molecule has 0 saturated heterocycles. The Hall–Kier alpha value is -3.64. The van der Waals surface area contributed by atoms with Crippen LogP contribution in [-0.2, 0) is 0 Å². The van der Waals surface area contributed by atoms with Crippen molar-refractivity contribution < 1.29 is 4.79 Å². The summed E-state index contributed by atoms with van der Waals surface area (Å²) in [6, 6.07) is 18.7. The molecule has 0 spiro atoms. The van der Waals surface area contributed by atoms with Crippen molar-refractivity contribution in [3.8, 4) is 11.3 Å². The maximum atomic E-state index is 13.4. The molecule has 1 aliphatic carbocycles. The van der Waals surface area contributed by atoms with Crippen LogP contribution < -0.4 is 16.4 Å². The van der Waals surface area contributed by atoms with Crippen LogP contribution in [0.1, 0.15) is 52.7 Å². The number of hydrogen-bond acceptors (Lipinski definition) is 4. The second-order valence-corrected chi connectivity index (χ2v) is 9.77. The molecule has 1 saturated carbocycles. The van der Waals surface area contributed by atoms with Gasteiger partial charge in [0, 0.05) is 29.5 Å². The number of aryl methyl sites for hydroxylation is 3. The summed E-state index contributed by atoms with van der Waals surface area (Å²) < 4.78 is 2.00. The minimum Gasteiger partial charge on any atom is -0.349 e. The Labute approximate surface area is 206 Å². The van der Waals surface area contributed by atoms with E-state index in [9.17, 15) is 4.79 Å². The Kier molecular flexibility index (Phi) is 6.31. The molecule has 1 aliphatic rings. The van der Waals surface area contributed by atoms with Crippen molar-refractivity contribution in [3.63, 3.8) is 0 Å². The molecule has 2 aromatic heterocycles. The molecule has 5 rings (SSSR count). The number of aromatic nitrogens is 2. The number of imidazole rings is 1. The van der Waals surface area contributed by atoms with Gasteiger partial charge in [-0.25, -0.2) is 4.98 Å². The number of hydrogen-bond donors (Lipinski definition) is 3. The predicted molar refractivity (Wildman–Crippen MR) is 142 cm³/mol. The zero-order valence-corrected chi connectivity index (χ0v) is 20.6. The molecule has 6 heteroatoms. The topological polar surface area (TPSA) is 84.5 Å². The first-order chi connectivity index (χ1) is 16.9. The molecule has 0 unspecified atom stereocenters. The lowest BCUT2D eigenvalue weighted by atomic mass is 9.91. The lowest BCUT2D eigenvalue weighted by Crippen LogP contribution is -2.40. The van der Waals surface area contributed by atoms with E-state index < -0.39 is 0 Å². The van der Waals surface area contributed by atoms with Gasteiger partial charge >= 0.3 is 0 Å². The number of rotatable bonds is 5. The average molecular weight is 468 g/mol. The van der Waals surface area contributed by atoms with Gasteiger partial charge in [-0.2, -0.15) is 0 Å². The Morgan fingerprint density at radius 2 is 1.69 bits per heavy atom. The highest BCUT2D eigenvalue weighted by Crippen LogP contribution is 2.34. The molecular formula is C29H33N5O. The zero-order valence-electron chi connectivity index (χ0n) is 20.6. The number of fused-ring (bicyclic) bond motifs is 1. The van der Waals surface area contributed by atoms with Crippen LogP contribution in [0.4, 0.5) is 11.5 Å². The lowest BCUT2D eigenvalue weighted by molar-refractivity contribution is 0.0927. The minimum absolute atomic E-state index is 0.0875. The van der Waals surface area contributed by atoms with Crippen LogP contribution in [0, 0.1) is 20.8 Å². The van der Waals surface area contributed by atoms with E-state index in [0.717, 1.165) is 65.1 Å². The number of nitrogens with zero attached hydrogens (tertiary/aromatic N) is 2. The Morgan fingerprint density at radius 1 is 0.971 bits per heavy atom. The fraction of sp³-hybridized carbons (Fsp3) is 0.310. The molecule has 180 valence electrons. The maximum Gasteiger partial charge on any atom is 0.255 e. The van der Waals surface area contributed by atoms with Gasteiger partial charge in [-0.1, -0.05) is 42.0 Å². The van der Waals surface area contributed by atoms with Crippen LogP contribution in [0.2, 0.25) is 0 Å². The highest BCUT2D eigenvalue weighted by molar-refractivity contribution is 6.01. The van der Waals surface area contributed by atoms with Crippen molar-refractivity contribution in [2.24, 2.45) is 5.73 Å². The number of anilines is 2. The van der Waals surface area contributed by atoms with Crippen molar-refractivity contribution in [3.05, 3.63) is 83.0 Å². The monoisotopic (exact) mass is 467 g/mol. The summed E-state index contributed by atoms with van der Waals surface area (Å²) >= 11 is 0. The SMILES string of the molecule is Cc1cccc(-c2nc3c(C(=O)NC4CCC(N)CC4)cccn3c2Nc2c(C)cccc2C)c1. The Bertz CT molecular complexity index is 1360. The third-order valence-corrected chi connectivity index (χ3v) is 7.02. The van der Waals surface area contributed by atoms with Gasteiger partial charge in [0.25, 0.3) is 5.91 Å². The normalized spacial score (nSPS) is 17.9. The van der Waals surface area contributed by atoms with E-state index in [2.05, 4.69) is 67.8 Å². The summed E-state index contributed by atoms with van der Waals surface area (Å²) in [6.07, 6.45) is 5.69. The summed E-state index contributed by atoms with van der Waals surface area (Å²) in [5, 5.41) is 6.88. The standard InChI is InChI=1S/C29H33N5O/c1-18-7-4-10-21(17-18)26-28(32-25-19(2)8-5-9-20(25)3)34-16-6-11-24(27(34)33-26)29(35)31-23-14-12-22(30)13-15-23/h4-11,16-17,22-23,32H,12-15,30H2,1-3H3,(H,31,35). The van der Waals surface area contributed by atoms with Crippen molar-refractivity contribution in [2.45, 2.75) is 58.5 Å². The van der Waals surface area contributed by atoms with Crippen LogP contribution in [0.5, 0.6) is 0 Å². The first-order valence-corrected chi connectivity index (χ1v) is 12.4. The van der Waals surface area contributed by atoms with Gasteiger partial charge in [0.1, 0.15) is 11.5 Å². The van der Waals surface area contributed by atoms with Gasteiger partial charge in [-0.3, -0.25) is 9.20 Å². The van der Waals surface area contributed by atoms with Crippen LogP contribution in [0.15, 0.2) is 60.8 Å². The Morgan fingerprint density at radius 3 is 2.40 bits per heavy atom. The third-order valence-electron chi connectivity index (χ3n) is 7.02. The van der Waals surface area contributed by atoms with Gasteiger partial charge < -0.3 is 16.4 Å². The molecule has 35 heavy (non-hydrogen) atoms. The second kappa shape index (κ2) is 9.55. The van der Waals surface area contributed by atoms with Gasteiger partial charge in [0.15, 0.2) is 5.65 Å². The Balaban J connectivity index is 1.60. The summed E-state index contributed by atoms with van der Waals surface area (Å²) in [5.74, 6) is 0.761. The maximum absolute atomic E-state index is 13.4. The molecule has 0 aliphatic heterocycles. The van der Waals surface area contributed by atoms with Crippen molar-refractivity contribution >= 4 is 23.1 Å². The van der Waals surface area contributed by atoms with E-state index in [1.54, 1.807) is 0 Å². The van der Waals surface area contributed by atoms with E-state index in [1.807, 2.05) is 28.8 Å². The summed E-state index contributed by atoms with van der Waals surface area (Å²) in [4.78, 5) is 18.4. The summed E-state index contributed by atoms with van der Waals surface area (Å²) in [5.41, 5.74) is 13.6. The smallest absolute Gasteiger partial charge is 0.255 e. The molecule has 1 amide bonds.